The summed E-state index contributed by atoms with van der Waals surface area (Å²) in [5.41, 5.74) is 16.1. The van der Waals surface area contributed by atoms with Gasteiger partial charge in [0.05, 0.1) is 13.2 Å². The van der Waals surface area contributed by atoms with Crippen LogP contribution in [0.3, 0.4) is 0 Å². The van der Waals surface area contributed by atoms with E-state index in [1.54, 1.807) is 0 Å². The highest BCUT2D eigenvalue weighted by Gasteiger charge is 2.21. The van der Waals surface area contributed by atoms with E-state index in [2.05, 4.69) is 20.1 Å². The molecule has 0 saturated heterocycles. The molecule has 0 saturated carbocycles. The Balaban J connectivity index is 4.04. The van der Waals surface area contributed by atoms with Gasteiger partial charge >= 0.3 is 0 Å². The van der Waals surface area contributed by atoms with Crippen molar-refractivity contribution in [1.82, 2.24) is 0 Å². The molecule has 0 aromatic carbocycles. The number of hydrogen-bond donors (Lipinski definition) is 0. The molecule has 0 aromatic rings. The van der Waals surface area contributed by atoms with E-state index >= 15 is 0 Å². The number of rotatable bonds is 8. The van der Waals surface area contributed by atoms with Crippen molar-refractivity contribution >= 4 is 0 Å². The second kappa shape index (κ2) is 7.01. The molecule has 96 valence electrons. The average molecular weight is 240 g/mol. The molecular weight excluding hydrogens is 220 g/mol. The Labute approximate surface area is 101 Å². The van der Waals surface area contributed by atoms with Gasteiger partial charge < -0.3 is 4.74 Å². The Morgan fingerprint density at radius 3 is 1.53 bits per heavy atom. The van der Waals surface area contributed by atoms with Gasteiger partial charge in [-0.2, -0.15) is 0 Å². The van der Waals surface area contributed by atoms with Crippen LogP contribution >= 0.6 is 0 Å². The summed E-state index contributed by atoms with van der Waals surface area (Å²) < 4.78 is 5.59. The summed E-state index contributed by atoms with van der Waals surface area (Å²) in [5, 5.41) is 7.08. The number of ether oxygens (including phenoxy) is 1. The zero-order valence-corrected chi connectivity index (χ0v) is 10.9. The molecule has 0 aliphatic carbocycles. The lowest BCUT2D eigenvalue weighted by Crippen LogP contribution is -2.28. The second-order valence-electron chi connectivity index (χ2n) is 5.60. The van der Waals surface area contributed by atoms with Crippen LogP contribution < -0.4 is 0 Å². The molecule has 0 aliphatic rings. The molecule has 7 nitrogen and oxygen atoms in total. The van der Waals surface area contributed by atoms with Crippen molar-refractivity contribution in [3.8, 4) is 0 Å². The SMILES string of the molecule is CC(C)(CN=[N+]=[N-])COCC(C)(C)CN=[N+]=[N-]. The van der Waals surface area contributed by atoms with Crippen LogP contribution in [-0.2, 0) is 4.74 Å². The fourth-order valence-corrected chi connectivity index (χ4v) is 1.14. The van der Waals surface area contributed by atoms with Crippen molar-refractivity contribution in [3.05, 3.63) is 20.9 Å². The quantitative estimate of drug-likeness (QED) is 0.360. The van der Waals surface area contributed by atoms with Gasteiger partial charge in [0.2, 0.25) is 0 Å². The topological polar surface area (TPSA) is 107 Å². The highest BCUT2D eigenvalue weighted by Crippen LogP contribution is 2.20. The minimum absolute atomic E-state index is 0.180. The first-order chi connectivity index (χ1) is 7.83. The second-order valence-corrected chi connectivity index (χ2v) is 5.60. The molecule has 0 rings (SSSR count). The van der Waals surface area contributed by atoms with Crippen LogP contribution in [0.2, 0.25) is 0 Å². The summed E-state index contributed by atoms with van der Waals surface area (Å²) in [6.07, 6.45) is 0. The third kappa shape index (κ3) is 8.39. The molecule has 0 bridgehead atoms. The largest absolute Gasteiger partial charge is 0.380 e. The van der Waals surface area contributed by atoms with Crippen LogP contribution in [0.1, 0.15) is 27.7 Å². The van der Waals surface area contributed by atoms with Gasteiger partial charge in [0.25, 0.3) is 0 Å². The van der Waals surface area contributed by atoms with Crippen molar-refractivity contribution in [2.45, 2.75) is 27.7 Å². The van der Waals surface area contributed by atoms with E-state index in [0.717, 1.165) is 0 Å². The smallest absolute Gasteiger partial charge is 0.0518 e. The first-order valence-corrected chi connectivity index (χ1v) is 5.42. The van der Waals surface area contributed by atoms with E-state index in [9.17, 15) is 0 Å². The van der Waals surface area contributed by atoms with E-state index < -0.39 is 0 Å². The number of hydrogen-bond acceptors (Lipinski definition) is 3. The Bertz CT molecular complexity index is 294. The molecule has 0 N–H and O–H groups in total. The zero-order valence-electron chi connectivity index (χ0n) is 10.9. The van der Waals surface area contributed by atoms with Gasteiger partial charge in [0.1, 0.15) is 0 Å². The van der Waals surface area contributed by atoms with Crippen LogP contribution in [0.25, 0.3) is 20.9 Å². The highest BCUT2D eigenvalue weighted by atomic mass is 16.5. The first-order valence-electron chi connectivity index (χ1n) is 5.42. The van der Waals surface area contributed by atoms with E-state index in [-0.39, 0.29) is 10.8 Å². The van der Waals surface area contributed by atoms with Crippen LogP contribution in [0.4, 0.5) is 0 Å². The van der Waals surface area contributed by atoms with Gasteiger partial charge in [-0.15, -0.1) is 0 Å². The highest BCUT2D eigenvalue weighted by molar-refractivity contribution is 4.74. The minimum atomic E-state index is -0.180. The van der Waals surface area contributed by atoms with E-state index in [1.807, 2.05) is 27.7 Å². The van der Waals surface area contributed by atoms with Gasteiger partial charge in [-0.3, -0.25) is 0 Å². The molecule has 0 atom stereocenters. The molecule has 0 amide bonds. The molecule has 7 heteroatoms. The standard InChI is InChI=1S/C10H20N6O/c1-9(2,5-13-15-11)7-17-8-10(3,4)6-14-16-12/h5-8H2,1-4H3. The number of nitrogens with zero attached hydrogens (tertiary/aromatic N) is 6. The third-order valence-electron chi connectivity index (χ3n) is 2.11. The van der Waals surface area contributed by atoms with Crippen molar-refractivity contribution < 1.29 is 4.74 Å². The summed E-state index contributed by atoms with van der Waals surface area (Å²) in [5.74, 6) is 0. The third-order valence-corrected chi connectivity index (χ3v) is 2.11. The predicted octanol–water partition coefficient (Wildman–Crippen LogP) is 3.68. The van der Waals surface area contributed by atoms with E-state index in [0.29, 0.717) is 26.3 Å². The Morgan fingerprint density at radius 1 is 0.882 bits per heavy atom. The summed E-state index contributed by atoms with van der Waals surface area (Å²) in [6, 6.07) is 0. The van der Waals surface area contributed by atoms with Crippen molar-refractivity contribution in [2.75, 3.05) is 26.3 Å². The van der Waals surface area contributed by atoms with Crippen molar-refractivity contribution in [2.24, 2.45) is 21.1 Å². The summed E-state index contributed by atoms with van der Waals surface area (Å²) >= 11 is 0. The van der Waals surface area contributed by atoms with Gasteiger partial charge in [0.15, 0.2) is 0 Å². The summed E-state index contributed by atoms with van der Waals surface area (Å²) in [6.45, 7) is 9.71. The molecule has 0 radical (unpaired) electrons. The molecular formula is C10H20N6O. The molecule has 0 aromatic heterocycles. The lowest BCUT2D eigenvalue weighted by Gasteiger charge is -2.27. The maximum Gasteiger partial charge on any atom is 0.0518 e. The summed E-state index contributed by atoms with van der Waals surface area (Å²) in [7, 11) is 0. The lowest BCUT2D eigenvalue weighted by atomic mass is 9.93. The van der Waals surface area contributed by atoms with E-state index in [4.69, 9.17) is 15.8 Å². The molecule has 17 heavy (non-hydrogen) atoms. The van der Waals surface area contributed by atoms with Crippen LogP contribution in [0.5, 0.6) is 0 Å². The normalized spacial score (nSPS) is 11.5. The van der Waals surface area contributed by atoms with E-state index in [1.165, 1.54) is 0 Å². The van der Waals surface area contributed by atoms with Crippen molar-refractivity contribution in [1.29, 1.82) is 0 Å². The molecule has 0 fully saturated rings. The van der Waals surface area contributed by atoms with Crippen LogP contribution in [-0.4, -0.2) is 26.3 Å². The van der Waals surface area contributed by atoms with Gasteiger partial charge in [0, 0.05) is 22.9 Å². The monoisotopic (exact) mass is 240 g/mol. The number of azide groups is 2. The first kappa shape index (κ1) is 15.6. The maximum atomic E-state index is 8.25. The maximum absolute atomic E-state index is 8.25. The fourth-order valence-electron chi connectivity index (χ4n) is 1.14. The summed E-state index contributed by atoms with van der Waals surface area (Å²) in [4.78, 5) is 5.46. The molecule has 0 spiro atoms. The average Bonchev–Trinajstić information content (AvgIpc) is 2.23. The lowest BCUT2D eigenvalue weighted by molar-refractivity contribution is 0.0211. The minimum Gasteiger partial charge on any atom is -0.380 e. The van der Waals surface area contributed by atoms with Crippen LogP contribution in [0, 0.1) is 10.8 Å². The zero-order chi connectivity index (χ0) is 13.4. The Kier molecular flexibility index (Phi) is 6.43. The van der Waals surface area contributed by atoms with Gasteiger partial charge in [-0.25, -0.2) is 0 Å². The molecule has 0 unspecified atom stereocenters. The van der Waals surface area contributed by atoms with Gasteiger partial charge in [-0.1, -0.05) is 37.9 Å². The fraction of sp³-hybridized carbons (Fsp3) is 1.00. The van der Waals surface area contributed by atoms with Crippen molar-refractivity contribution in [3.63, 3.8) is 0 Å². The Morgan fingerprint density at radius 2 is 1.24 bits per heavy atom. The molecule has 0 aliphatic heterocycles. The Hall–Kier alpha value is -1.42. The van der Waals surface area contributed by atoms with Gasteiger partial charge in [-0.05, 0) is 21.9 Å². The molecule has 0 heterocycles. The predicted molar refractivity (Wildman–Crippen MR) is 66.4 cm³/mol. The van der Waals surface area contributed by atoms with Crippen LogP contribution in [0.15, 0.2) is 10.2 Å².